The Bertz CT molecular complexity index is 476. The highest BCUT2D eigenvalue weighted by Crippen LogP contribution is 2.30. The van der Waals surface area contributed by atoms with Crippen LogP contribution in [0, 0.1) is 0 Å². The van der Waals surface area contributed by atoms with Crippen LogP contribution < -0.4 is 0 Å². The molecular formula is C16H27N3O. The summed E-state index contributed by atoms with van der Waals surface area (Å²) in [7, 11) is 0. The molecule has 112 valence electrons. The van der Waals surface area contributed by atoms with Gasteiger partial charge in [0.15, 0.2) is 0 Å². The molecule has 0 N–H and O–H groups in total. The van der Waals surface area contributed by atoms with E-state index in [1.54, 1.807) is 0 Å². The second-order valence-corrected chi connectivity index (χ2v) is 5.31. The minimum atomic E-state index is -0.00598. The Hall–Kier alpha value is -1.58. The summed E-state index contributed by atoms with van der Waals surface area (Å²) in [6.07, 6.45) is 1.39. The van der Waals surface area contributed by atoms with E-state index in [2.05, 4.69) is 45.4 Å². The Morgan fingerprint density at radius 3 is 2.55 bits per heavy atom. The summed E-state index contributed by atoms with van der Waals surface area (Å²) >= 11 is 0. The highest BCUT2D eigenvalue weighted by atomic mass is 16.2. The third-order valence-electron chi connectivity index (χ3n) is 3.61. The topological polar surface area (TPSA) is 38.1 Å². The average molecular weight is 277 g/mol. The predicted molar refractivity (Wildman–Crippen MR) is 82.6 cm³/mol. The normalized spacial score (nSPS) is 21.1. The van der Waals surface area contributed by atoms with E-state index in [0.29, 0.717) is 5.92 Å². The van der Waals surface area contributed by atoms with Gasteiger partial charge < -0.3 is 4.90 Å². The van der Waals surface area contributed by atoms with Gasteiger partial charge in [-0.15, -0.1) is 0 Å². The average Bonchev–Trinajstić information content (AvgIpc) is 2.85. The molecule has 2 rings (SSSR count). The van der Waals surface area contributed by atoms with Gasteiger partial charge in [-0.25, -0.2) is 0 Å². The maximum atomic E-state index is 11.9. The number of aromatic nitrogens is 2. The van der Waals surface area contributed by atoms with Crippen LogP contribution in [0.15, 0.2) is 18.7 Å². The van der Waals surface area contributed by atoms with Crippen LogP contribution in [0.4, 0.5) is 0 Å². The monoisotopic (exact) mass is 277 g/mol. The van der Waals surface area contributed by atoms with E-state index in [1.807, 2.05) is 23.4 Å². The van der Waals surface area contributed by atoms with Crippen molar-refractivity contribution in [2.75, 3.05) is 0 Å². The Morgan fingerprint density at radius 2 is 2.05 bits per heavy atom. The maximum Gasteiger partial charge on any atom is 0.246 e. The van der Waals surface area contributed by atoms with Crippen molar-refractivity contribution in [2.45, 2.75) is 66.1 Å². The Kier molecular flexibility index (Phi) is 5.54. The summed E-state index contributed by atoms with van der Waals surface area (Å²) in [6, 6.07) is 2.32. The van der Waals surface area contributed by atoms with Gasteiger partial charge >= 0.3 is 0 Å². The van der Waals surface area contributed by atoms with Crippen molar-refractivity contribution in [3.05, 3.63) is 30.1 Å². The number of carbonyl (C=O) groups is 1. The number of rotatable bonds is 2. The molecule has 0 bridgehead atoms. The van der Waals surface area contributed by atoms with E-state index in [-0.39, 0.29) is 18.0 Å². The first-order chi connectivity index (χ1) is 9.45. The van der Waals surface area contributed by atoms with Gasteiger partial charge in [0.05, 0.1) is 24.0 Å². The minimum Gasteiger partial charge on any atom is -0.326 e. The van der Waals surface area contributed by atoms with Gasteiger partial charge in [0.25, 0.3) is 0 Å². The van der Waals surface area contributed by atoms with Gasteiger partial charge in [-0.2, -0.15) is 5.10 Å². The summed E-state index contributed by atoms with van der Waals surface area (Å²) < 4.78 is 2.04. The first-order valence-electron chi connectivity index (χ1n) is 7.48. The number of fused-ring (bicyclic) bond motifs is 1. The van der Waals surface area contributed by atoms with Crippen LogP contribution in [0.2, 0.25) is 0 Å². The zero-order chi connectivity index (χ0) is 15.4. The van der Waals surface area contributed by atoms with Gasteiger partial charge in [-0.3, -0.25) is 9.48 Å². The molecule has 2 atom stereocenters. The molecule has 2 heterocycles. The Morgan fingerprint density at radius 1 is 1.45 bits per heavy atom. The Labute approximate surface area is 122 Å². The smallest absolute Gasteiger partial charge is 0.246 e. The van der Waals surface area contributed by atoms with Gasteiger partial charge in [0, 0.05) is 6.04 Å². The van der Waals surface area contributed by atoms with Crippen LogP contribution >= 0.6 is 0 Å². The quantitative estimate of drug-likeness (QED) is 0.776. The van der Waals surface area contributed by atoms with Crippen LogP contribution in [0.25, 0.3) is 0 Å². The lowest BCUT2D eigenvalue weighted by Crippen LogP contribution is -2.46. The molecule has 1 amide bonds. The molecule has 0 aliphatic carbocycles. The highest BCUT2D eigenvalue weighted by molar-refractivity contribution is 5.87. The van der Waals surface area contributed by atoms with Gasteiger partial charge in [-0.05, 0) is 31.9 Å². The van der Waals surface area contributed by atoms with Crippen molar-refractivity contribution in [2.24, 2.45) is 0 Å². The van der Waals surface area contributed by atoms with E-state index < -0.39 is 0 Å². The van der Waals surface area contributed by atoms with Crippen LogP contribution in [0.1, 0.15) is 64.9 Å². The van der Waals surface area contributed by atoms with Crippen LogP contribution in [-0.2, 0) is 11.3 Å². The second-order valence-electron chi connectivity index (χ2n) is 5.31. The SMILES string of the molecule is C=CC(=O)N1C(C)Cn2nc(C(C)C)cc2C1C.CC. The van der Waals surface area contributed by atoms with Crippen molar-refractivity contribution in [3.63, 3.8) is 0 Å². The first kappa shape index (κ1) is 16.5. The molecule has 1 aromatic heterocycles. The molecule has 2 unspecified atom stereocenters. The fourth-order valence-electron chi connectivity index (χ4n) is 2.59. The zero-order valence-electron chi connectivity index (χ0n) is 13.6. The third-order valence-corrected chi connectivity index (χ3v) is 3.61. The molecule has 4 nitrogen and oxygen atoms in total. The summed E-state index contributed by atoms with van der Waals surface area (Å²) in [6.45, 7) is 16.7. The molecule has 0 aromatic carbocycles. The summed E-state index contributed by atoms with van der Waals surface area (Å²) in [5, 5.41) is 4.62. The lowest BCUT2D eigenvalue weighted by atomic mass is 10.0. The standard InChI is InChI=1S/C14H21N3O.C2H6/c1-6-14(18)17-10(4)8-16-13(11(17)5)7-12(15-16)9(2)3;1-2/h6-7,9-11H,1,8H2,2-5H3;1-2H3. The predicted octanol–water partition coefficient (Wildman–Crippen LogP) is 3.51. The molecule has 0 saturated heterocycles. The number of amides is 1. The van der Waals surface area contributed by atoms with Gasteiger partial charge in [0.2, 0.25) is 5.91 Å². The molecule has 20 heavy (non-hydrogen) atoms. The fourth-order valence-corrected chi connectivity index (χ4v) is 2.59. The number of carbonyl (C=O) groups excluding carboxylic acids is 1. The molecule has 0 spiro atoms. The molecular weight excluding hydrogens is 250 g/mol. The summed E-state index contributed by atoms with van der Waals surface area (Å²) in [4.78, 5) is 13.8. The van der Waals surface area contributed by atoms with Crippen molar-refractivity contribution in [1.82, 2.24) is 14.7 Å². The van der Waals surface area contributed by atoms with E-state index in [1.165, 1.54) is 6.08 Å². The van der Waals surface area contributed by atoms with Crippen LogP contribution in [0.5, 0.6) is 0 Å². The number of hydrogen-bond donors (Lipinski definition) is 0. The van der Waals surface area contributed by atoms with Crippen molar-refractivity contribution in [1.29, 1.82) is 0 Å². The van der Waals surface area contributed by atoms with E-state index >= 15 is 0 Å². The molecule has 4 heteroatoms. The zero-order valence-corrected chi connectivity index (χ0v) is 13.6. The third kappa shape index (κ3) is 2.94. The van der Waals surface area contributed by atoms with Gasteiger partial charge in [0.1, 0.15) is 0 Å². The van der Waals surface area contributed by atoms with Crippen molar-refractivity contribution < 1.29 is 4.79 Å². The lowest BCUT2D eigenvalue weighted by molar-refractivity contribution is -0.131. The summed E-state index contributed by atoms with van der Waals surface area (Å²) in [5.41, 5.74) is 2.21. The largest absolute Gasteiger partial charge is 0.326 e. The highest BCUT2D eigenvalue weighted by Gasteiger charge is 2.33. The minimum absolute atomic E-state index is 0.00598. The van der Waals surface area contributed by atoms with E-state index in [0.717, 1.165) is 17.9 Å². The van der Waals surface area contributed by atoms with Gasteiger partial charge in [-0.1, -0.05) is 34.3 Å². The fraction of sp³-hybridized carbons (Fsp3) is 0.625. The lowest BCUT2D eigenvalue weighted by Gasteiger charge is -2.38. The molecule has 1 aromatic rings. The summed E-state index contributed by atoms with van der Waals surface area (Å²) in [5.74, 6) is 0.405. The maximum absolute atomic E-state index is 11.9. The first-order valence-corrected chi connectivity index (χ1v) is 7.48. The number of nitrogens with zero attached hydrogens (tertiary/aromatic N) is 3. The number of hydrogen-bond acceptors (Lipinski definition) is 2. The molecule has 0 radical (unpaired) electrons. The van der Waals surface area contributed by atoms with E-state index in [9.17, 15) is 4.79 Å². The molecule has 1 aliphatic heterocycles. The molecule has 1 aliphatic rings. The van der Waals surface area contributed by atoms with Crippen LogP contribution in [-0.4, -0.2) is 26.6 Å². The Balaban J connectivity index is 0.000000956. The molecule has 0 fully saturated rings. The van der Waals surface area contributed by atoms with Crippen molar-refractivity contribution in [3.8, 4) is 0 Å². The molecule has 0 saturated carbocycles. The van der Waals surface area contributed by atoms with Crippen LogP contribution in [0.3, 0.4) is 0 Å². The van der Waals surface area contributed by atoms with E-state index in [4.69, 9.17) is 0 Å². The second kappa shape index (κ2) is 6.73. The van der Waals surface area contributed by atoms with Crippen molar-refractivity contribution >= 4 is 5.91 Å².